The molecule has 0 unspecified atom stereocenters. The SMILES string of the molecule is CSc1ccc(S(=O)(=O)N(C)c2ccc(C(=O)Nc3ccc(S(=O)(=O)Nc4cc(Cl)ccc4C)cc3)cc2)cc1. The molecule has 0 saturated heterocycles. The lowest BCUT2D eigenvalue weighted by Crippen LogP contribution is -2.26. The summed E-state index contributed by atoms with van der Waals surface area (Å²) in [6, 6.07) is 23.4. The molecular formula is C28H26ClN3O5S3. The molecule has 0 spiro atoms. The lowest BCUT2D eigenvalue weighted by Gasteiger charge is -2.20. The predicted octanol–water partition coefficient (Wildman–Crippen LogP) is 6.25. The molecule has 40 heavy (non-hydrogen) atoms. The molecule has 0 aliphatic heterocycles. The number of rotatable bonds is 9. The number of hydrogen-bond donors (Lipinski definition) is 2. The number of nitrogens with zero attached hydrogens (tertiary/aromatic N) is 1. The number of benzene rings is 4. The van der Waals surface area contributed by atoms with E-state index < -0.39 is 26.0 Å². The molecule has 12 heteroatoms. The van der Waals surface area contributed by atoms with Crippen molar-refractivity contribution in [3.63, 3.8) is 0 Å². The average molecular weight is 616 g/mol. The standard InChI is InChI=1S/C28H26ClN3O5S3/c1-19-4-7-21(29)18-27(19)31-39(34,35)25-14-8-22(9-15-25)30-28(33)20-5-10-23(11-6-20)32(2)40(36,37)26-16-12-24(38-3)13-17-26/h4-18,31H,1-3H3,(H,30,33). The summed E-state index contributed by atoms with van der Waals surface area (Å²) in [7, 11) is -6.20. The second-order valence-electron chi connectivity index (χ2n) is 8.74. The molecule has 0 bridgehead atoms. The fourth-order valence-electron chi connectivity index (χ4n) is 3.70. The minimum Gasteiger partial charge on any atom is -0.322 e. The molecule has 208 valence electrons. The zero-order chi connectivity index (χ0) is 29.1. The van der Waals surface area contributed by atoms with Gasteiger partial charge in [0, 0.05) is 28.2 Å². The van der Waals surface area contributed by atoms with Gasteiger partial charge < -0.3 is 5.32 Å². The molecule has 8 nitrogen and oxygen atoms in total. The van der Waals surface area contributed by atoms with E-state index in [9.17, 15) is 21.6 Å². The Labute approximate surface area is 243 Å². The highest BCUT2D eigenvalue weighted by Crippen LogP contribution is 2.26. The van der Waals surface area contributed by atoms with Gasteiger partial charge in [0.2, 0.25) is 0 Å². The lowest BCUT2D eigenvalue weighted by atomic mass is 10.2. The summed E-state index contributed by atoms with van der Waals surface area (Å²) in [6.45, 7) is 1.76. The molecule has 4 aromatic carbocycles. The molecule has 0 aliphatic carbocycles. The molecule has 2 N–H and O–H groups in total. The first-order valence-electron chi connectivity index (χ1n) is 11.8. The van der Waals surface area contributed by atoms with Gasteiger partial charge in [0.05, 0.1) is 21.2 Å². The van der Waals surface area contributed by atoms with Crippen LogP contribution in [0.1, 0.15) is 15.9 Å². The van der Waals surface area contributed by atoms with Crippen LogP contribution in [0.25, 0.3) is 0 Å². The second-order valence-corrected chi connectivity index (χ2v) is 13.7. The highest BCUT2D eigenvalue weighted by Gasteiger charge is 2.22. The summed E-state index contributed by atoms with van der Waals surface area (Å²) in [5, 5.41) is 3.12. The van der Waals surface area contributed by atoms with Crippen LogP contribution in [0.15, 0.2) is 106 Å². The van der Waals surface area contributed by atoms with E-state index in [0.29, 0.717) is 27.6 Å². The van der Waals surface area contributed by atoms with Gasteiger partial charge in [-0.2, -0.15) is 0 Å². The number of carbonyl (C=O) groups excluding carboxylic acids is 1. The van der Waals surface area contributed by atoms with Crippen molar-refractivity contribution >= 4 is 66.4 Å². The van der Waals surface area contributed by atoms with Crippen LogP contribution in [0.4, 0.5) is 17.1 Å². The van der Waals surface area contributed by atoms with E-state index in [0.717, 1.165) is 14.8 Å². The Kier molecular flexibility index (Phi) is 8.79. The van der Waals surface area contributed by atoms with E-state index in [4.69, 9.17) is 11.6 Å². The number of anilines is 3. The van der Waals surface area contributed by atoms with Crippen LogP contribution in [-0.4, -0.2) is 36.0 Å². The van der Waals surface area contributed by atoms with Crippen molar-refractivity contribution in [2.75, 3.05) is 27.6 Å². The third kappa shape index (κ3) is 6.61. The van der Waals surface area contributed by atoms with E-state index in [2.05, 4.69) is 10.0 Å². The Morgan fingerprint density at radius 2 is 1.43 bits per heavy atom. The van der Waals surface area contributed by atoms with Crippen molar-refractivity contribution < 1.29 is 21.6 Å². The Morgan fingerprint density at radius 1 is 0.825 bits per heavy atom. The summed E-state index contributed by atoms with van der Waals surface area (Å²) in [6.07, 6.45) is 1.91. The highest BCUT2D eigenvalue weighted by molar-refractivity contribution is 7.98. The zero-order valence-electron chi connectivity index (χ0n) is 21.8. The topological polar surface area (TPSA) is 113 Å². The molecule has 4 rings (SSSR count). The molecule has 4 aromatic rings. The third-order valence-electron chi connectivity index (χ3n) is 6.08. The van der Waals surface area contributed by atoms with Gasteiger partial charge in [0.1, 0.15) is 0 Å². The fourth-order valence-corrected chi connectivity index (χ4v) is 6.59. The normalized spacial score (nSPS) is 11.6. The summed E-state index contributed by atoms with van der Waals surface area (Å²) in [5.41, 5.74) is 2.17. The van der Waals surface area contributed by atoms with E-state index in [1.165, 1.54) is 61.3 Å². The minimum absolute atomic E-state index is 0.0153. The predicted molar refractivity (Wildman–Crippen MR) is 162 cm³/mol. The van der Waals surface area contributed by atoms with Crippen LogP contribution < -0.4 is 14.3 Å². The van der Waals surface area contributed by atoms with Crippen LogP contribution in [0.5, 0.6) is 0 Å². The quantitative estimate of drug-likeness (QED) is 0.215. The summed E-state index contributed by atoms with van der Waals surface area (Å²) < 4.78 is 55.3. The van der Waals surface area contributed by atoms with Gasteiger partial charge in [-0.25, -0.2) is 16.8 Å². The van der Waals surface area contributed by atoms with Crippen LogP contribution >= 0.6 is 23.4 Å². The Bertz CT molecular complexity index is 1740. The van der Waals surface area contributed by atoms with Crippen molar-refractivity contribution in [3.8, 4) is 0 Å². The Morgan fingerprint density at radius 3 is 2.02 bits per heavy atom. The van der Waals surface area contributed by atoms with Crippen LogP contribution in [-0.2, 0) is 20.0 Å². The zero-order valence-corrected chi connectivity index (χ0v) is 25.0. The maximum absolute atomic E-state index is 13.0. The molecule has 0 fully saturated rings. The number of aryl methyl sites for hydroxylation is 1. The minimum atomic E-state index is -3.87. The van der Waals surface area contributed by atoms with Gasteiger partial charge in [-0.05, 0) is 104 Å². The first-order valence-corrected chi connectivity index (χ1v) is 16.4. The smallest absolute Gasteiger partial charge is 0.264 e. The van der Waals surface area contributed by atoms with Crippen LogP contribution in [0.3, 0.4) is 0 Å². The molecule has 0 atom stereocenters. The van der Waals surface area contributed by atoms with Gasteiger partial charge in [0.15, 0.2) is 0 Å². The van der Waals surface area contributed by atoms with E-state index in [-0.39, 0.29) is 9.79 Å². The van der Waals surface area contributed by atoms with Crippen molar-refractivity contribution in [2.45, 2.75) is 21.6 Å². The first-order chi connectivity index (χ1) is 18.9. The second kappa shape index (κ2) is 11.9. The Balaban J connectivity index is 1.43. The number of hydrogen-bond acceptors (Lipinski definition) is 6. The average Bonchev–Trinajstić information content (AvgIpc) is 2.95. The largest absolute Gasteiger partial charge is 0.322 e. The fraction of sp³-hybridized carbons (Fsp3) is 0.107. The van der Waals surface area contributed by atoms with Crippen molar-refractivity contribution in [1.82, 2.24) is 0 Å². The van der Waals surface area contributed by atoms with Gasteiger partial charge in [0.25, 0.3) is 26.0 Å². The third-order valence-corrected chi connectivity index (χ3v) is 10.2. The van der Waals surface area contributed by atoms with Gasteiger partial charge in [-0.1, -0.05) is 17.7 Å². The molecule has 0 saturated carbocycles. The number of amides is 1. The monoisotopic (exact) mass is 615 g/mol. The van der Waals surface area contributed by atoms with E-state index in [1.54, 1.807) is 55.5 Å². The lowest BCUT2D eigenvalue weighted by molar-refractivity contribution is 0.102. The number of thioether (sulfide) groups is 1. The Hall–Kier alpha value is -3.51. The van der Waals surface area contributed by atoms with Gasteiger partial charge in [-0.3, -0.25) is 13.8 Å². The van der Waals surface area contributed by atoms with E-state index in [1.807, 2.05) is 6.26 Å². The van der Waals surface area contributed by atoms with E-state index >= 15 is 0 Å². The summed E-state index contributed by atoms with van der Waals surface area (Å²) in [4.78, 5) is 13.9. The molecule has 0 heterocycles. The van der Waals surface area contributed by atoms with Gasteiger partial charge >= 0.3 is 0 Å². The number of halogens is 1. The number of sulfonamides is 2. The van der Waals surface area contributed by atoms with Gasteiger partial charge in [-0.15, -0.1) is 11.8 Å². The summed E-state index contributed by atoms with van der Waals surface area (Å²) in [5.74, 6) is -0.437. The van der Waals surface area contributed by atoms with Crippen molar-refractivity contribution in [3.05, 3.63) is 107 Å². The maximum atomic E-state index is 13.0. The molecular weight excluding hydrogens is 590 g/mol. The molecule has 0 aliphatic rings. The van der Waals surface area contributed by atoms with Crippen LogP contribution in [0, 0.1) is 6.92 Å². The highest BCUT2D eigenvalue weighted by atomic mass is 35.5. The maximum Gasteiger partial charge on any atom is 0.264 e. The first kappa shape index (κ1) is 29.5. The van der Waals surface area contributed by atoms with Crippen molar-refractivity contribution in [1.29, 1.82) is 0 Å². The summed E-state index contributed by atoms with van der Waals surface area (Å²) >= 11 is 7.51. The molecule has 0 aromatic heterocycles. The number of carbonyl (C=O) groups is 1. The molecule has 1 amide bonds. The van der Waals surface area contributed by atoms with Crippen LogP contribution in [0.2, 0.25) is 5.02 Å². The van der Waals surface area contributed by atoms with Crippen molar-refractivity contribution in [2.24, 2.45) is 0 Å². The number of nitrogens with one attached hydrogen (secondary N) is 2. The molecule has 0 radical (unpaired) electrons.